The number of carbonyl (C=O) groups excluding carboxylic acids is 1. The highest BCUT2D eigenvalue weighted by molar-refractivity contribution is 5.74. The molecule has 0 heterocycles. The average molecular weight is 267 g/mol. The van der Waals surface area contributed by atoms with Crippen LogP contribution >= 0.6 is 0 Å². The molecular formula is C12H20F3NO2. The number of alkyl halides is 3. The monoisotopic (exact) mass is 267 g/mol. The number of nitrogens with one attached hydrogen (secondary N) is 1. The standard InChI is InChI=1S/C12H20F3NO2/c13-12(14,15)9-18-16-11(17)8-4-7-10-5-2-1-3-6-10/h10H,1-9H2,(H,16,17). The van der Waals surface area contributed by atoms with E-state index < -0.39 is 18.7 Å². The van der Waals surface area contributed by atoms with Crippen LogP contribution in [-0.4, -0.2) is 18.7 Å². The van der Waals surface area contributed by atoms with Crippen molar-refractivity contribution < 1.29 is 22.8 Å². The number of carbonyl (C=O) groups is 1. The molecular weight excluding hydrogens is 247 g/mol. The van der Waals surface area contributed by atoms with E-state index in [1.54, 1.807) is 0 Å². The zero-order chi connectivity index (χ0) is 13.4. The summed E-state index contributed by atoms with van der Waals surface area (Å²) in [6, 6.07) is 0. The van der Waals surface area contributed by atoms with Crippen LogP contribution < -0.4 is 5.48 Å². The highest BCUT2D eigenvalue weighted by atomic mass is 19.4. The van der Waals surface area contributed by atoms with Gasteiger partial charge in [0.25, 0.3) is 0 Å². The quantitative estimate of drug-likeness (QED) is 0.749. The van der Waals surface area contributed by atoms with E-state index in [1.165, 1.54) is 32.1 Å². The Labute approximate surface area is 105 Å². The van der Waals surface area contributed by atoms with Crippen molar-refractivity contribution in [2.45, 2.75) is 57.5 Å². The van der Waals surface area contributed by atoms with Crippen molar-refractivity contribution in [1.82, 2.24) is 5.48 Å². The molecule has 3 nitrogen and oxygen atoms in total. The van der Waals surface area contributed by atoms with Crippen LogP contribution in [-0.2, 0) is 9.63 Å². The summed E-state index contributed by atoms with van der Waals surface area (Å²) in [5.41, 5.74) is 1.82. The summed E-state index contributed by atoms with van der Waals surface area (Å²) >= 11 is 0. The van der Waals surface area contributed by atoms with E-state index in [0.717, 1.165) is 6.42 Å². The highest BCUT2D eigenvalue weighted by Gasteiger charge is 2.28. The van der Waals surface area contributed by atoms with Crippen LogP contribution in [0.5, 0.6) is 0 Å². The molecule has 0 aromatic carbocycles. The molecule has 0 atom stereocenters. The van der Waals surface area contributed by atoms with Gasteiger partial charge in [-0.15, -0.1) is 0 Å². The normalized spacial score (nSPS) is 17.7. The van der Waals surface area contributed by atoms with Crippen LogP contribution in [0, 0.1) is 5.92 Å². The molecule has 1 aliphatic rings. The number of hydrogen-bond acceptors (Lipinski definition) is 2. The maximum absolute atomic E-state index is 11.7. The third-order valence-electron chi connectivity index (χ3n) is 3.16. The van der Waals surface area contributed by atoms with Crippen molar-refractivity contribution in [1.29, 1.82) is 0 Å². The van der Waals surface area contributed by atoms with Gasteiger partial charge in [0, 0.05) is 6.42 Å². The van der Waals surface area contributed by atoms with Crippen LogP contribution in [0.25, 0.3) is 0 Å². The Kier molecular flexibility index (Phi) is 6.46. The third-order valence-corrected chi connectivity index (χ3v) is 3.16. The summed E-state index contributed by atoms with van der Waals surface area (Å²) in [6.45, 7) is -1.44. The fourth-order valence-electron chi connectivity index (χ4n) is 2.28. The Balaban J connectivity index is 1.99. The Morgan fingerprint density at radius 2 is 1.89 bits per heavy atom. The average Bonchev–Trinajstić information content (AvgIpc) is 2.28. The van der Waals surface area contributed by atoms with Crippen LogP contribution in [0.2, 0.25) is 0 Å². The summed E-state index contributed by atoms with van der Waals surface area (Å²) in [6.07, 6.45) is 3.75. The van der Waals surface area contributed by atoms with Gasteiger partial charge in [-0.2, -0.15) is 13.2 Å². The second-order valence-corrected chi connectivity index (χ2v) is 4.83. The van der Waals surface area contributed by atoms with E-state index in [0.29, 0.717) is 12.3 Å². The molecule has 0 unspecified atom stereocenters. The minimum absolute atomic E-state index is 0.231. The molecule has 1 amide bonds. The van der Waals surface area contributed by atoms with E-state index >= 15 is 0 Å². The lowest BCUT2D eigenvalue weighted by Gasteiger charge is -2.21. The molecule has 1 fully saturated rings. The Morgan fingerprint density at radius 3 is 2.50 bits per heavy atom. The van der Waals surface area contributed by atoms with Gasteiger partial charge in [-0.3, -0.25) is 9.63 Å². The van der Waals surface area contributed by atoms with Crippen molar-refractivity contribution >= 4 is 5.91 Å². The Bertz CT molecular complexity index is 250. The van der Waals surface area contributed by atoms with Gasteiger partial charge in [0.2, 0.25) is 5.91 Å². The van der Waals surface area contributed by atoms with Crippen molar-refractivity contribution in [2.24, 2.45) is 5.92 Å². The topological polar surface area (TPSA) is 38.3 Å². The zero-order valence-corrected chi connectivity index (χ0v) is 10.4. The van der Waals surface area contributed by atoms with Gasteiger partial charge in [0.1, 0.15) is 0 Å². The second kappa shape index (κ2) is 7.61. The fourth-order valence-corrected chi connectivity index (χ4v) is 2.28. The molecule has 18 heavy (non-hydrogen) atoms. The number of amides is 1. The molecule has 0 aromatic heterocycles. The first-order valence-electron chi connectivity index (χ1n) is 6.45. The SMILES string of the molecule is O=C(CCCC1CCCCC1)NOCC(F)(F)F. The highest BCUT2D eigenvalue weighted by Crippen LogP contribution is 2.27. The predicted molar refractivity (Wildman–Crippen MR) is 60.6 cm³/mol. The zero-order valence-electron chi connectivity index (χ0n) is 10.4. The van der Waals surface area contributed by atoms with Crippen molar-refractivity contribution in [2.75, 3.05) is 6.61 Å². The van der Waals surface area contributed by atoms with Gasteiger partial charge < -0.3 is 0 Å². The predicted octanol–water partition coefficient (Wildman–Crippen LogP) is 3.35. The van der Waals surface area contributed by atoms with E-state index in [-0.39, 0.29) is 6.42 Å². The first kappa shape index (κ1) is 15.3. The van der Waals surface area contributed by atoms with Crippen LogP contribution in [0.3, 0.4) is 0 Å². The summed E-state index contributed by atoms with van der Waals surface area (Å²) < 4.78 is 35.2. The van der Waals surface area contributed by atoms with E-state index in [2.05, 4.69) is 4.84 Å². The molecule has 0 bridgehead atoms. The molecule has 6 heteroatoms. The Morgan fingerprint density at radius 1 is 1.22 bits per heavy atom. The maximum Gasteiger partial charge on any atom is 0.414 e. The molecule has 1 N–H and O–H groups in total. The van der Waals surface area contributed by atoms with Gasteiger partial charge in [0.05, 0.1) is 0 Å². The third kappa shape index (κ3) is 7.53. The van der Waals surface area contributed by atoms with E-state index in [1.807, 2.05) is 5.48 Å². The fraction of sp³-hybridized carbons (Fsp3) is 0.917. The first-order valence-corrected chi connectivity index (χ1v) is 6.45. The van der Waals surface area contributed by atoms with Crippen molar-refractivity contribution in [3.8, 4) is 0 Å². The van der Waals surface area contributed by atoms with Crippen molar-refractivity contribution in [3.05, 3.63) is 0 Å². The largest absolute Gasteiger partial charge is 0.414 e. The lowest BCUT2D eigenvalue weighted by atomic mass is 9.86. The molecule has 0 spiro atoms. The van der Waals surface area contributed by atoms with Gasteiger partial charge >= 0.3 is 6.18 Å². The number of rotatable bonds is 6. The molecule has 0 saturated heterocycles. The van der Waals surface area contributed by atoms with Crippen LogP contribution in [0.1, 0.15) is 51.4 Å². The van der Waals surface area contributed by atoms with E-state index in [9.17, 15) is 18.0 Å². The van der Waals surface area contributed by atoms with Gasteiger partial charge in [-0.1, -0.05) is 32.1 Å². The molecule has 1 rings (SSSR count). The summed E-state index contributed by atoms with van der Waals surface area (Å²) in [5, 5.41) is 0. The number of halogens is 3. The Hall–Kier alpha value is -0.780. The molecule has 0 radical (unpaired) electrons. The minimum Gasteiger partial charge on any atom is -0.273 e. The number of hydroxylamine groups is 1. The minimum atomic E-state index is -4.41. The molecule has 1 aliphatic carbocycles. The number of hydrogen-bond donors (Lipinski definition) is 1. The molecule has 0 aromatic rings. The molecule has 0 aliphatic heterocycles. The van der Waals surface area contributed by atoms with Crippen molar-refractivity contribution in [3.63, 3.8) is 0 Å². The van der Waals surface area contributed by atoms with Crippen LogP contribution in [0.4, 0.5) is 13.2 Å². The molecule has 106 valence electrons. The molecule has 1 saturated carbocycles. The smallest absolute Gasteiger partial charge is 0.273 e. The second-order valence-electron chi connectivity index (χ2n) is 4.83. The van der Waals surface area contributed by atoms with E-state index in [4.69, 9.17) is 0 Å². The van der Waals surface area contributed by atoms with Gasteiger partial charge in [-0.25, -0.2) is 5.48 Å². The van der Waals surface area contributed by atoms with Gasteiger partial charge in [-0.05, 0) is 18.8 Å². The van der Waals surface area contributed by atoms with Gasteiger partial charge in [0.15, 0.2) is 6.61 Å². The summed E-state index contributed by atoms with van der Waals surface area (Å²) in [4.78, 5) is 15.2. The maximum atomic E-state index is 11.7. The summed E-state index contributed by atoms with van der Waals surface area (Å²) in [5.74, 6) is 0.206. The lowest BCUT2D eigenvalue weighted by Crippen LogP contribution is -2.29. The lowest BCUT2D eigenvalue weighted by molar-refractivity contribution is -0.191. The first-order chi connectivity index (χ1) is 8.47. The summed E-state index contributed by atoms with van der Waals surface area (Å²) in [7, 11) is 0. The van der Waals surface area contributed by atoms with Crippen LogP contribution in [0.15, 0.2) is 0 Å².